The third-order valence-electron chi connectivity index (χ3n) is 5.40. The number of hydrogen-bond donors (Lipinski definition) is 0. The maximum absolute atomic E-state index is 6.11. The highest BCUT2D eigenvalue weighted by Gasteiger charge is 2.40. The summed E-state index contributed by atoms with van der Waals surface area (Å²) in [6, 6.07) is 0. The molecule has 0 aromatic heterocycles. The molecule has 0 bridgehead atoms. The van der Waals surface area contributed by atoms with Crippen LogP contribution in [0.4, 0.5) is 0 Å². The molecule has 0 radical (unpaired) electrons. The van der Waals surface area contributed by atoms with Crippen LogP contribution in [-0.4, -0.2) is 19.5 Å². The quantitative estimate of drug-likeness (QED) is 0.705. The Hall–Kier alpha value is -0.340. The summed E-state index contributed by atoms with van der Waals surface area (Å²) < 4.78 is 12.2. The number of rotatable bonds is 3. The molecule has 0 aromatic carbocycles. The lowest BCUT2D eigenvalue weighted by Crippen LogP contribution is -2.47. The highest BCUT2D eigenvalue weighted by atomic mass is 16.7. The molecular formula is C17H30O2. The molecule has 0 saturated carbocycles. The van der Waals surface area contributed by atoms with Crippen molar-refractivity contribution in [1.29, 1.82) is 0 Å². The molecule has 3 atom stereocenters. The zero-order valence-electron chi connectivity index (χ0n) is 13.2. The summed E-state index contributed by atoms with van der Waals surface area (Å²) in [5, 5.41) is 0. The van der Waals surface area contributed by atoms with Crippen LogP contribution in [0.25, 0.3) is 0 Å². The summed E-state index contributed by atoms with van der Waals surface area (Å²) in [4.78, 5) is 0. The Labute approximate surface area is 118 Å². The summed E-state index contributed by atoms with van der Waals surface area (Å²) in [6.45, 7) is 13.1. The first-order valence-corrected chi connectivity index (χ1v) is 7.87. The third-order valence-corrected chi connectivity index (χ3v) is 5.40. The monoisotopic (exact) mass is 266 g/mol. The van der Waals surface area contributed by atoms with Gasteiger partial charge in [-0.25, -0.2) is 0 Å². The second-order valence-electron chi connectivity index (χ2n) is 7.03. The molecule has 1 heterocycles. The van der Waals surface area contributed by atoms with E-state index in [1.54, 1.807) is 0 Å². The van der Waals surface area contributed by atoms with Gasteiger partial charge in [-0.15, -0.1) is 0 Å². The molecule has 0 N–H and O–H groups in total. The Kier molecular flexibility index (Phi) is 4.73. The fourth-order valence-electron chi connectivity index (χ4n) is 3.36. The average molecular weight is 266 g/mol. The number of ether oxygens (including phenoxy) is 2. The molecule has 1 saturated heterocycles. The minimum atomic E-state index is 0.0106. The van der Waals surface area contributed by atoms with Crippen LogP contribution < -0.4 is 0 Å². The van der Waals surface area contributed by atoms with Crippen molar-refractivity contribution in [3.63, 3.8) is 0 Å². The second kappa shape index (κ2) is 5.97. The van der Waals surface area contributed by atoms with E-state index in [0.717, 1.165) is 13.2 Å². The van der Waals surface area contributed by atoms with Crippen molar-refractivity contribution in [3.8, 4) is 0 Å². The summed E-state index contributed by atoms with van der Waals surface area (Å²) in [5.74, 6) is 1.76. The first-order valence-electron chi connectivity index (χ1n) is 7.87. The van der Waals surface area contributed by atoms with Crippen LogP contribution in [0.2, 0.25) is 0 Å². The largest absolute Gasteiger partial charge is 0.352 e. The molecule has 19 heavy (non-hydrogen) atoms. The van der Waals surface area contributed by atoms with E-state index in [1.807, 2.05) is 0 Å². The van der Waals surface area contributed by atoms with Crippen molar-refractivity contribution in [2.45, 2.75) is 60.2 Å². The van der Waals surface area contributed by atoms with Gasteiger partial charge in [-0.3, -0.25) is 0 Å². The summed E-state index contributed by atoms with van der Waals surface area (Å²) in [5.41, 5.74) is 1.71. The van der Waals surface area contributed by atoms with Gasteiger partial charge in [0.15, 0.2) is 6.29 Å². The van der Waals surface area contributed by atoms with Gasteiger partial charge in [0.25, 0.3) is 0 Å². The molecule has 2 heteroatoms. The van der Waals surface area contributed by atoms with Gasteiger partial charge in [-0.1, -0.05) is 45.8 Å². The van der Waals surface area contributed by atoms with E-state index in [4.69, 9.17) is 9.47 Å². The molecule has 0 amide bonds. The van der Waals surface area contributed by atoms with Crippen LogP contribution in [0.1, 0.15) is 53.9 Å². The predicted octanol–water partition coefficient (Wildman–Crippen LogP) is 4.40. The molecule has 2 aliphatic rings. The lowest BCUT2D eigenvalue weighted by Gasteiger charge is -2.44. The average Bonchev–Trinajstić information content (AvgIpc) is 2.39. The molecule has 2 nitrogen and oxygen atoms in total. The number of hydrogen-bond acceptors (Lipinski definition) is 2. The van der Waals surface area contributed by atoms with Gasteiger partial charge in [0.05, 0.1) is 13.2 Å². The van der Waals surface area contributed by atoms with Gasteiger partial charge in [0.1, 0.15) is 0 Å². The van der Waals surface area contributed by atoms with Gasteiger partial charge in [-0.2, -0.15) is 0 Å². The van der Waals surface area contributed by atoms with E-state index in [-0.39, 0.29) is 11.7 Å². The topological polar surface area (TPSA) is 18.5 Å². The van der Waals surface area contributed by atoms with Crippen molar-refractivity contribution in [3.05, 3.63) is 11.6 Å². The molecule has 1 aliphatic heterocycles. The van der Waals surface area contributed by atoms with Crippen LogP contribution in [0.3, 0.4) is 0 Å². The van der Waals surface area contributed by atoms with Crippen LogP contribution in [0.5, 0.6) is 0 Å². The van der Waals surface area contributed by atoms with Gasteiger partial charge in [-0.05, 0) is 31.6 Å². The fraction of sp³-hybridized carbons (Fsp3) is 0.882. The molecule has 0 spiro atoms. The Balaban J connectivity index is 1.93. The van der Waals surface area contributed by atoms with Crippen molar-refractivity contribution in [2.24, 2.45) is 23.2 Å². The lowest BCUT2D eigenvalue weighted by atomic mass is 9.76. The normalized spacial score (nSPS) is 41.7. The fourth-order valence-corrected chi connectivity index (χ4v) is 3.36. The summed E-state index contributed by atoms with van der Waals surface area (Å²) in [6.07, 6.45) is 5.99. The maximum Gasteiger partial charge on any atom is 0.160 e. The molecule has 0 aromatic rings. The maximum atomic E-state index is 6.11. The van der Waals surface area contributed by atoms with E-state index in [2.05, 4.69) is 40.7 Å². The minimum absolute atomic E-state index is 0.0106. The second-order valence-corrected chi connectivity index (χ2v) is 7.03. The SMILES string of the molecule is CCC(C)C1(C)COC([C@@H]2CCC(C)=C[C@H]2C)OC1. The lowest BCUT2D eigenvalue weighted by molar-refractivity contribution is -0.260. The Morgan fingerprint density at radius 1 is 1.37 bits per heavy atom. The Morgan fingerprint density at radius 2 is 2.00 bits per heavy atom. The van der Waals surface area contributed by atoms with Gasteiger partial charge >= 0.3 is 0 Å². The molecular weight excluding hydrogens is 236 g/mol. The Bertz CT molecular complexity index is 326. The Morgan fingerprint density at radius 3 is 2.53 bits per heavy atom. The molecule has 1 aliphatic carbocycles. The molecule has 2 rings (SSSR count). The van der Waals surface area contributed by atoms with Gasteiger partial charge < -0.3 is 9.47 Å². The van der Waals surface area contributed by atoms with E-state index in [1.165, 1.54) is 24.8 Å². The molecule has 110 valence electrons. The van der Waals surface area contributed by atoms with Crippen molar-refractivity contribution in [2.75, 3.05) is 13.2 Å². The van der Waals surface area contributed by atoms with Crippen molar-refractivity contribution in [1.82, 2.24) is 0 Å². The van der Waals surface area contributed by atoms with Crippen LogP contribution >= 0.6 is 0 Å². The summed E-state index contributed by atoms with van der Waals surface area (Å²) in [7, 11) is 0. The van der Waals surface area contributed by atoms with Gasteiger partial charge in [0, 0.05) is 11.3 Å². The van der Waals surface area contributed by atoms with Crippen LogP contribution in [0.15, 0.2) is 11.6 Å². The first-order chi connectivity index (χ1) is 8.96. The standard InChI is InChI=1S/C17H30O2/c1-6-14(4)17(5)10-18-16(19-11-17)15-8-7-12(2)9-13(15)3/h9,13-16H,6-8,10-11H2,1-5H3/t13-,14?,15-,16?,17?/m1/s1. The van der Waals surface area contributed by atoms with Crippen LogP contribution in [0, 0.1) is 23.2 Å². The molecule has 1 unspecified atom stereocenters. The predicted molar refractivity (Wildman–Crippen MR) is 78.9 cm³/mol. The van der Waals surface area contributed by atoms with E-state index < -0.39 is 0 Å². The summed E-state index contributed by atoms with van der Waals surface area (Å²) >= 11 is 0. The van der Waals surface area contributed by atoms with Crippen molar-refractivity contribution < 1.29 is 9.47 Å². The van der Waals surface area contributed by atoms with E-state index >= 15 is 0 Å². The minimum Gasteiger partial charge on any atom is -0.352 e. The van der Waals surface area contributed by atoms with Crippen LogP contribution in [-0.2, 0) is 9.47 Å². The first kappa shape index (κ1) is 15.1. The highest BCUT2D eigenvalue weighted by Crippen LogP contribution is 2.39. The zero-order valence-corrected chi connectivity index (χ0v) is 13.2. The highest BCUT2D eigenvalue weighted by molar-refractivity contribution is 5.06. The third kappa shape index (κ3) is 3.22. The van der Waals surface area contributed by atoms with Crippen molar-refractivity contribution >= 4 is 0 Å². The van der Waals surface area contributed by atoms with E-state index in [9.17, 15) is 0 Å². The van der Waals surface area contributed by atoms with E-state index in [0.29, 0.717) is 17.8 Å². The molecule has 1 fully saturated rings. The number of allylic oxidation sites excluding steroid dienone is 2. The van der Waals surface area contributed by atoms with Gasteiger partial charge in [0.2, 0.25) is 0 Å². The zero-order chi connectivity index (χ0) is 14.0. The smallest absolute Gasteiger partial charge is 0.160 e.